The van der Waals surface area contributed by atoms with Gasteiger partial charge in [-0.05, 0) is 6.42 Å². The molecule has 128 valence electrons. The largest absolute Gasteiger partial charge is 0.496 e. The molecule has 2 aromatic rings. The molecule has 1 heterocycles. The number of allylic oxidation sites excluding steroid dienone is 1. The van der Waals surface area contributed by atoms with Crippen LogP contribution in [-0.2, 0) is 11.2 Å². The van der Waals surface area contributed by atoms with E-state index >= 15 is 0 Å². The van der Waals surface area contributed by atoms with Crippen molar-refractivity contribution in [2.45, 2.75) is 13.3 Å². The van der Waals surface area contributed by atoms with E-state index in [-0.39, 0.29) is 22.8 Å². The van der Waals surface area contributed by atoms with Crippen molar-refractivity contribution in [3.8, 4) is 23.0 Å². The zero-order chi connectivity index (χ0) is 17.9. The fourth-order valence-corrected chi connectivity index (χ4v) is 2.44. The number of hydrogen-bond acceptors (Lipinski definition) is 7. The van der Waals surface area contributed by atoms with Gasteiger partial charge < -0.3 is 23.4 Å². The summed E-state index contributed by atoms with van der Waals surface area (Å²) in [6, 6.07) is 1.53. The maximum Gasteiger partial charge on any atom is 0.383 e. The van der Waals surface area contributed by atoms with Gasteiger partial charge in [0.2, 0.25) is 5.75 Å². The van der Waals surface area contributed by atoms with Gasteiger partial charge in [-0.2, -0.15) is 0 Å². The highest BCUT2D eigenvalue weighted by molar-refractivity contribution is 5.95. The third kappa shape index (κ3) is 2.92. The summed E-state index contributed by atoms with van der Waals surface area (Å²) >= 11 is 0. The molecule has 2 rings (SSSR count). The van der Waals surface area contributed by atoms with E-state index in [4.69, 9.17) is 23.4 Å². The lowest BCUT2D eigenvalue weighted by molar-refractivity contribution is -0.131. The third-order valence-electron chi connectivity index (χ3n) is 3.35. The molecule has 0 fully saturated rings. The molecule has 0 amide bonds. The number of rotatable bonds is 6. The predicted molar refractivity (Wildman–Crippen MR) is 87.4 cm³/mol. The number of ether oxygens (including phenoxy) is 4. The molecular weight excluding hydrogens is 316 g/mol. The molecule has 7 nitrogen and oxygen atoms in total. The average molecular weight is 334 g/mol. The molecule has 0 unspecified atom stereocenters. The van der Waals surface area contributed by atoms with Crippen LogP contribution in [0.3, 0.4) is 0 Å². The Morgan fingerprint density at radius 3 is 2.33 bits per heavy atom. The van der Waals surface area contributed by atoms with Crippen LogP contribution in [0.5, 0.6) is 23.0 Å². The van der Waals surface area contributed by atoms with Gasteiger partial charge in [-0.15, -0.1) is 6.58 Å². The lowest BCUT2D eigenvalue weighted by Crippen LogP contribution is -2.10. The van der Waals surface area contributed by atoms with Gasteiger partial charge in [-0.3, -0.25) is 4.79 Å². The summed E-state index contributed by atoms with van der Waals surface area (Å²) in [5.41, 5.74) is -0.0450. The first-order chi connectivity index (χ1) is 11.5. The Bertz CT molecular complexity index is 848. The fourth-order valence-electron chi connectivity index (χ4n) is 2.44. The van der Waals surface area contributed by atoms with Gasteiger partial charge in [0.25, 0.3) is 0 Å². The summed E-state index contributed by atoms with van der Waals surface area (Å²) in [7, 11) is 4.19. The molecule has 1 aromatic carbocycles. The van der Waals surface area contributed by atoms with Crippen molar-refractivity contribution in [3.05, 3.63) is 34.7 Å². The van der Waals surface area contributed by atoms with Gasteiger partial charge in [-0.25, -0.2) is 4.79 Å². The zero-order valence-corrected chi connectivity index (χ0v) is 13.9. The summed E-state index contributed by atoms with van der Waals surface area (Å²) in [5, 5.41) is 0.407. The maximum absolute atomic E-state index is 12.2. The molecule has 0 saturated heterocycles. The topological polar surface area (TPSA) is 84.2 Å². The van der Waals surface area contributed by atoms with Crippen LogP contribution in [0.25, 0.3) is 11.0 Å². The zero-order valence-electron chi connectivity index (χ0n) is 13.9. The predicted octanol–water partition coefficient (Wildman–Crippen LogP) is 2.47. The Balaban J connectivity index is 3.01. The van der Waals surface area contributed by atoms with Gasteiger partial charge in [-0.1, -0.05) is 6.08 Å². The number of methoxy groups -OCH3 is 3. The van der Waals surface area contributed by atoms with Gasteiger partial charge in [0, 0.05) is 18.6 Å². The molecule has 0 spiro atoms. The number of carbonyl (C=O) groups excluding carboxylic acids is 1. The molecule has 0 aliphatic carbocycles. The Labute approximate surface area is 138 Å². The van der Waals surface area contributed by atoms with Crippen LogP contribution < -0.4 is 24.6 Å². The molecular formula is C17H18O7. The van der Waals surface area contributed by atoms with Crippen molar-refractivity contribution in [2.75, 3.05) is 21.3 Å². The van der Waals surface area contributed by atoms with Crippen molar-refractivity contribution in [1.82, 2.24) is 0 Å². The van der Waals surface area contributed by atoms with Crippen LogP contribution in [0.15, 0.2) is 27.9 Å². The minimum absolute atomic E-state index is 0.0758. The Morgan fingerprint density at radius 2 is 1.83 bits per heavy atom. The Morgan fingerprint density at radius 1 is 1.17 bits per heavy atom. The van der Waals surface area contributed by atoms with Crippen molar-refractivity contribution in [2.24, 2.45) is 0 Å². The molecule has 1 aromatic heterocycles. The Kier molecular flexibility index (Phi) is 5.13. The van der Waals surface area contributed by atoms with E-state index in [2.05, 4.69) is 6.58 Å². The van der Waals surface area contributed by atoms with Crippen LogP contribution in [0.1, 0.15) is 12.5 Å². The van der Waals surface area contributed by atoms with E-state index in [9.17, 15) is 9.59 Å². The standard InChI is InChI=1S/C17H18O7/c1-6-7-10-11(23-9(2)18)8-12(20-3)13-14(10)24-17(19)16(22-5)15(13)21-4/h6,8H,1,7H2,2-5H3. The molecule has 0 radical (unpaired) electrons. The highest BCUT2D eigenvalue weighted by Gasteiger charge is 2.25. The fraction of sp³-hybridized carbons (Fsp3) is 0.294. The first kappa shape index (κ1) is 17.4. The van der Waals surface area contributed by atoms with Gasteiger partial charge in [0.15, 0.2) is 11.3 Å². The molecule has 24 heavy (non-hydrogen) atoms. The van der Waals surface area contributed by atoms with E-state index in [1.54, 1.807) is 6.08 Å². The monoisotopic (exact) mass is 334 g/mol. The molecule has 0 bridgehead atoms. The van der Waals surface area contributed by atoms with Crippen LogP contribution in [-0.4, -0.2) is 27.3 Å². The van der Waals surface area contributed by atoms with Gasteiger partial charge in [0.1, 0.15) is 16.9 Å². The summed E-state index contributed by atoms with van der Waals surface area (Å²) in [6.07, 6.45) is 1.91. The third-order valence-corrected chi connectivity index (χ3v) is 3.35. The number of fused-ring (bicyclic) bond motifs is 1. The lowest BCUT2D eigenvalue weighted by Gasteiger charge is -2.16. The summed E-state index contributed by atoms with van der Waals surface area (Å²) in [5.74, 6) is 0.132. The minimum Gasteiger partial charge on any atom is -0.496 e. The minimum atomic E-state index is -0.714. The summed E-state index contributed by atoms with van der Waals surface area (Å²) in [4.78, 5) is 23.6. The number of carbonyl (C=O) groups is 1. The second-order valence-electron chi connectivity index (χ2n) is 4.80. The molecule has 0 aliphatic rings. The smallest absolute Gasteiger partial charge is 0.383 e. The van der Waals surface area contributed by atoms with E-state index in [1.807, 2.05) is 0 Å². The first-order valence-electron chi connectivity index (χ1n) is 7.06. The van der Waals surface area contributed by atoms with E-state index in [1.165, 1.54) is 34.3 Å². The van der Waals surface area contributed by atoms with Crippen LogP contribution >= 0.6 is 0 Å². The van der Waals surface area contributed by atoms with E-state index < -0.39 is 11.6 Å². The SMILES string of the molecule is C=CCc1c(OC(C)=O)cc(OC)c2c(OC)c(OC)c(=O)oc12. The summed E-state index contributed by atoms with van der Waals surface area (Å²) < 4.78 is 26.4. The average Bonchev–Trinajstić information content (AvgIpc) is 2.55. The maximum atomic E-state index is 12.2. The quantitative estimate of drug-likeness (QED) is 0.347. The van der Waals surface area contributed by atoms with Gasteiger partial charge >= 0.3 is 11.6 Å². The summed E-state index contributed by atoms with van der Waals surface area (Å²) in [6.45, 7) is 4.95. The first-order valence-corrected chi connectivity index (χ1v) is 7.06. The number of benzene rings is 1. The molecule has 0 saturated carbocycles. The van der Waals surface area contributed by atoms with E-state index in [0.29, 0.717) is 23.1 Å². The highest BCUT2D eigenvalue weighted by atomic mass is 16.5. The molecule has 7 heteroatoms. The molecule has 0 N–H and O–H groups in total. The Hall–Kier alpha value is -2.96. The molecule has 0 atom stereocenters. The van der Waals surface area contributed by atoms with Crippen molar-refractivity contribution >= 4 is 16.9 Å². The number of esters is 1. The normalized spacial score (nSPS) is 10.3. The van der Waals surface area contributed by atoms with Crippen molar-refractivity contribution in [1.29, 1.82) is 0 Å². The second-order valence-corrected chi connectivity index (χ2v) is 4.80. The highest BCUT2D eigenvalue weighted by Crippen LogP contribution is 2.43. The lowest BCUT2D eigenvalue weighted by atomic mass is 10.0. The van der Waals surface area contributed by atoms with Gasteiger partial charge in [0.05, 0.1) is 21.3 Å². The van der Waals surface area contributed by atoms with Crippen LogP contribution in [0.2, 0.25) is 0 Å². The second kappa shape index (κ2) is 7.08. The van der Waals surface area contributed by atoms with Crippen molar-refractivity contribution < 1.29 is 28.2 Å². The molecule has 0 aliphatic heterocycles. The van der Waals surface area contributed by atoms with Crippen LogP contribution in [0, 0.1) is 0 Å². The van der Waals surface area contributed by atoms with Crippen molar-refractivity contribution in [3.63, 3.8) is 0 Å². The van der Waals surface area contributed by atoms with E-state index in [0.717, 1.165) is 0 Å². The van der Waals surface area contributed by atoms with Crippen LogP contribution in [0.4, 0.5) is 0 Å². The number of hydrogen-bond donors (Lipinski definition) is 0.